The van der Waals surface area contributed by atoms with Crippen molar-refractivity contribution in [3.05, 3.63) is 77.9 Å². The fraction of sp³-hybridized carbons (Fsp3) is 0.192. The minimum Gasteiger partial charge on any atom is -0.457 e. The molecule has 1 saturated heterocycles. The average molecular weight is 473 g/mol. The quantitative estimate of drug-likeness (QED) is 0.526. The number of carbonyl (C=O) groups excluding carboxylic acids is 3. The molecule has 2 aliphatic rings. The highest BCUT2D eigenvalue weighted by Crippen LogP contribution is 2.37. The van der Waals surface area contributed by atoms with Crippen molar-refractivity contribution in [3.8, 4) is 23.0 Å². The van der Waals surface area contributed by atoms with Crippen molar-refractivity contribution in [1.29, 1.82) is 0 Å². The summed E-state index contributed by atoms with van der Waals surface area (Å²) in [5.74, 6) is 1.35. The van der Waals surface area contributed by atoms with Gasteiger partial charge in [-0.3, -0.25) is 14.5 Å². The highest BCUT2D eigenvalue weighted by Gasteiger charge is 2.49. The molecule has 0 radical (unpaired) electrons. The SMILES string of the molecule is Cc1ccc(Oc2ccc(NC(=O)CN3C(=O)N[C@@](C)(c4ccc5c(c4)OCO5)C3=O)cc2)cc1. The second kappa shape index (κ2) is 8.68. The van der Waals surface area contributed by atoms with E-state index in [2.05, 4.69) is 10.6 Å². The molecule has 2 aliphatic heterocycles. The number of amides is 4. The third-order valence-corrected chi connectivity index (χ3v) is 5.92. The zero-order valence-electron chi connectivity index (χ0n) is 19.2. The summed E-state index contributed by atoms with van der Waals surface area (Å²) in [6.45, 7) is 3.27. The van der Waals surface area contributed by atoms with E-state index in [0.29, 0.717) is 34.2 Å². The lowest BCUT2D eigenvalue weighted by molar-refractivity contribution is -0.133. The van der Waals surface area contributed by atoms with E-state index in [0.717, 1.165) is 10.5 Å². The molecule has 3 aromatic rings. The molecule has 35 heavy (non-hydrogen) atoms. The molecule has 4 amide bonds. The number of aryl methyl sites for hydroxylation is 1. The van der Waals surface area contributed by atoms with Gasteiger partial charge in [0.05, 0.1) is 0 Å². The first kappa shape index (κ1) is 22.3. The summed E-state index contributed by atoms with van der Waals surface area (Å²) in [5, 5.41) is 5.39. The molecule has 0 spiro atoms. The maximum atomic E-state index is 13.1. The Bertz CT molecular complexity index is 1310. The first-order valence-electron chi connectivity index (χ1n) is 11.0. The first-order valence-corrected chi connectivity index (χ1v) is 11.0. The molecule has 178 valence electrons. The molecule has 1 atom stereocenters. The predicted octanol–water partition coefficient (Wildman–Crippen LogP) is 3.92. The van der Waals surface area contributed by atoms with Gasteiger partial charge in [-0.2, -0.15) is 0 Å². The summed E-state index contributed by atoms with van der Waals surface area (Å²) in [6.07, 6.45) is 0. The van der Waals surface area contributed by atoms with E-state index < -0.39 is 29.9 Å². The lowest BCUT2D eigenvalue weighted by Gasteiger charge is -2.22. The third-order valence-electron chi connectivity index (χ3n) is 5.92. The predicted molar refractivity (Wildman–Crippen MR) is 126 cm³/mol. The zero-order valence-corrected chi connectivity index (χ0v) is 19.2. The Kier molecular flexibility index (Phi) is 5.52. The molecule has 0 unspecified atom stereocenters. The molecule has 9 heteroatoms. The lowest BCUT2D eigenvalue weighted by atomic mass is 9.91. The average Bonchev–Trinajstić information content (AvgIpc) is 3.40. The monoisotopic (exact) mass is 473 g/mol. The molecule has 0 bridgehead atoms. The maximum absolute atomic E-state index is 13.1. The normalized spacial score (nSPS) is 18.4. The minimum absolute atomic E-state index is 0.0984. The maximum Gasteiger partial charge on any atom is 0.325 e. The van der Waals surface area contributed by atoms with E-state index in [1.54, 1.807) is 49.4 Å². The molecule has 2 N–H and O–H groups in total. The Hall–Kier alpha value is -4.53. The number of hydrogen-bond acceptors (Lipinski definition) is 6. The standard InChI is InChI=1S/C26H23N3O6/c1-16-3-8-19(9-4-16)35-20-10-6-18(7-11-20)27-23(30)14-29-24(31)26(2,28-25(29)32)17-5-12-21-22(13-17)34-15-33-21/h3-13H,14-15H2,1-2H3,(H,27,30)(H,28,32)/t26-/m0/s1. The van der Waals surface area contributed by atoms with Gasteiger partial charge in [0.25, 0.3) is 5.91 Å². The summed E-state index contributed by atoms with van der Waals surface area (Å²) in [7, 11) is 0. The van der Waals surface area contributed by atoms with Gasteiger partial charge in [0, 0.05) is 5.69 Å². The van der Waals surface area contributed by atoms with Crippen LogP contribution in [0.25, 0.3) is 0 Å². The van der Waals surface area contributed by atoms with Gasteiger partial charge >= 0.3 is 6.03 Å². The Labute approximate surface area is 201 Å². The van der Waals surface area contributed by atoms with Gasteiger partial charge in [-0.15, -0.1) is 0 Å². The molecule has 3 aromatic carbocycles. The molecule has 0 saturated carbocycles. The molecule has 9 nitrogen and oxygen atoms in total. The number of ether oxygens (including phenoxy) is 3. The Morgan fingerprint density at radius 1 is 1.00 bits per heavy atom. The fourth-order valence-corrected chi connectivity index (χ4v) is 3.94. The summed E-state index contributed by atoms with van der Waals surface area (Å²) in [6, 6.07) is 18.9. The van der Waals surface area contributed by atoms with Crippen molar-refractivity contribution >= 4 is 23.5 Å². The Morgan fingerprint density at radius 3 is 2.37 bits per heavy atom. The van der Waals surface area contributed by atoms with Crippen LogP contribution in [0.15, 0.2) is 66.7 Å². The van der Waals surface area contributed by atoms with E-state index in [-0.39, 0.29) is 6.79 Å². The minimum atomic E-state index is -1.33. The van der Waals surface area contributed by atoms with Crippen LogP contribution in [0.5, 0.6) is 23.0 Å². The number of urea groups is 1. The number of nitrogens with zero attached hydrogens (tertiary/aromatic N) is 1. The van der Waals surface area contributed by atoms with Crippen molar-refractivity contribution < 1.29 is 28.6 Å². The largest absolute Gasteiger partial charge is 0.457 e. The third kappa shape index (κ3) is 4.35. The molecule has 0 aromatic heterocycles. The van der Waals surface area contributed by atoms with Crippen molar-refractivity contribution in [2.75, 3.05) is 18.7 Å². The van der Waals surface area contributed by atoms with Gasteiger partial charge in [-0.25, -0.2) is 4.79 Å². The lowest BCUT2D eigenvalue weighted by Crippen LogP contribution is -2.42. The van der Waals surface area contributed by atoms with Crippen LogP contribution in [0.1, 0.15) is 18.1 Å². The topological polar surface area (TPSA) is 106 Å². The van der Waals surface area contributed by atoms with Crippen LogP contribution in [0.4, 0.5) is 10.5 Å². The summed E-state index contributed by atoms with van der Waals surface area (Å²) in [4.78, 5) is 39.2. The molecule has 2 heterocycles. The van der Waals surface area contributed by atoms with Gasteiger partial charge in [0.15, 0.2) is 11.5 Å². The van der Waals surface area contributed by atoms with Crippen LogP contribution in [-0.4, -0.2) is 36.1 Å². The number of imide groups is 1. The van der Waals surface area contributed by atoms with Crippen LogP contribution in [0.3, 0.4) is 0 Å². The fourth-order valence-electron chi connectivity index (χ4n) is 3.94. The zero-order chi connectivity index (χ0) is 24.6. The van der Waals surface area contributed by atoms with E-state index in [1.807, 2.05) is 31.2 Å². The highest BCUT2D eigenvalue weighted by atomic mass is 16.7. The molecular weight excluding hydrogens is 450 g/mol. The second-order valence-electron chi connectivity index (χ2n) is 8.50. The highest BCUT2D eigenvalue weighted by molar-refractivity contribution is 6.10. The number of benzene rings is 3. The number of fused-ring (bicyclic) bond motifs is 1. The van der Waals surface area contributed by atoms with Crippen LogP contribution in [0, 0.1) is 6.92 Å². The molecule has 1 fully saturated rings. The second-order valence-corrected chi connectivity index (χ2v) is 8.50. The number of hydrogen-bond donors (Lipinski definition) is 2. The van der Waals surface area contributed by atoms with E-state index in [9.17, 15) is 14.4 Å². The first-order chi connectivity index (χ1) is 16.8. The Morgan fingerprint density at radius 2 is 1.66 bits per heavy atom. The van der Waals surface area contributed by atoms with Crippen molar-refractivity contribution in [3.63, 3.8) is 0 Å². The van der Waals surface area contributed by atoms with Gasteiger partial charge in [0.2, 0.25) is 12.7 Å². The van der Waals surface area contributed by atoms with Crippen LogP contribution in [0.2, 0.25) is 0 Å². The van der Waals surface area contributed by atoms with Crippen LogP contribution >= 0.6 is 0 Å². The van der Waals surface area contributed by atoms with Crippen molar-refractivity contribution in [2.24, 2.45) is 0 Å². The molecule has 5 rings (SSSR count). The van der Waals surface area contributed by atoms with E-state index in [4.69, 9.17) is 14.2 Å². The Balaban J connectivity index is 1.22. The summed E-state index contributed by atoms with van der Waals surface area (Å²) >= 11 is 0. The molecular formula is C26H23N3O6. The van der Waals surface area contributed by atoms with Crippen LogP contribution in [-0.2, 0) is 15.1 Å². The van der Waals surface area contributed by atoms with Crippen molar-refractivity contribution in [1.82, 2.24) is 10.2 Å². The van der Waals surface area contributed by atoms with Gasteiger partial charge in [0.1, 0.15) is 23.6 Å². The van der Waals surface area contributed by atoms with Crippen molar-refractivity contribution in [2.45, 2.75) is 19.4 Å². The number of carbonyl (C=O) groups is 3. The summed E-state index contributed by atoms with van der Waals surface area (Å²) in [5.41, 5.74) is 0.855. The van der Waals surface area contributed by atoms with E-state index >= 15 is 0 Å². The number of rotatable bonds is 6. The molecule has 0 aliphatic carbocycles. The van der Waals surface area contributed by atoms with Crippen LogP contribution < -0.4 is 24.8 Å². The smallest absolute Gasteiger partial charge is 0.325 e. The summed E-state index contributed by atoms with van der Waals surface area (Å²) < 4.78 is 16.5. The van der Waals surface area contributed by atoms with Gasteiger partial charge in [-0.1, -0.05) is 23.8 Å². The number of nitrogens with one attached hydrogen (secondary N) is 2. The van der Waals surface area contributed by atoms with E-state index in [1.165, 1.54) is 0 Å². The van der Waals surface area contributed by atoms with Gasteiger partial charge < -0.3 is 24.8 Å². The van der Waals surface area contributed by atoms with Gasteiger partial charge in [-0.05, 0) is 67.9 Å². The number of anilines is 1.